The molecule has 0 bridgehead atoms. The Hall–Kier alpha value is -3.45. The van der Waals surface area contributed by atoms with Gasteiger partial charge in [0.25, 0.3) is 0 Å². The first-order chi connectivity index (χ1) is 14.4. The van der Waals surface area contributed by atoms with Gasteiger partial charge in [-0.2, -0.15) is 0 Å². The molecule has 1 atom stereocenters. The van der Waals surface area contributed by atoms with Crippen LogP contribution in [0.3, 0.4) is 0 Å². The number of fused-ring (bicyclic) bond motifs is 1. The zero-order valence-corrected chi connectivity index (χ0v) is 16.7. The quantitative estimate of drug-likeness (QED) is 0.578. The van der Waals surface area contributed by atoms with Crippen molar-refractivity contribution in [3.8, 4) is 11.3 Å². The second kappa shape index (κ2) is 8.12. The number of carbonyl (C=O) groups is 2. The summed E-state index contributed by atoms with van der Waals surface area (Å²) in [6, 6.07) is 12.4. The standard InChI is InChI=1S/C22H19ClN4O3/c23-17-4-2-1-3-14(17)18-9-10-25-22(27-18)26-13-7-5-12-6-8-15(21(29)30)19(20(24)28)16(12)11-13/h1-4,6,8-10,13H,5,7,11H2,(H2,24,28)(H,29,30)(H,25,26,27). The van der Waals surface area contributed by atoms with E-state index in [1.807, 2.05) is 18.2 Å². The molecule has 4 rings (SSSR count). The number of nitrogens with one attached hydrogen (secondary N) is 1. The van der Waals surface area contributed by atoms with E-state index in [-0.39, 0.29) is 17.2 Å². The zero-order chi connectivity index (χ0) is 21.3. The van der Waals surface area contributed by atoms with Crippen LogP contribution < -0.4 is 11.1 Å². The minimum atomic E-state index is -1.17. The molecule has 1 heterocycles. The van der Waals surface area contributed by atoms with Crippen LogP contribution in [0.25, 0.3) is 11.3 Å². The average Bonchev–Trinajstić information content (AvgIpc) is 2.73. The number of nitrogens with zero attached hydrogens (tertiary/aromatic N) is 2. The highest BCUT2D eigenvalue weighted by molar-refractivity contribution is 6.33. The molecule has 1 amide bonds. The molecule has 8 heteroatoms. The molecule has 30 heavy (non-hydrogen) atoms. The van der Waals surface area contributed by atoms with Crippen molar-refractivity contribution >= 4 is 29.4 Å². The molecule has 152 valence electrons. The van der Waals surface area contributed by atoms with E-state index in [0.29, 0.717) is 35.1 Å². The number of rotatable bonds is 5. The number of nitrogens with two attached hydrogens (primary N) is 1. The number of anilines is 1. The topological polar surface area (TPSA) is 118 Å². The highest BCUT2D eigenvalue weighted by Crippen LogP contribution is 2.30. The second-order valence-corrected chi connectivity index (χ2v) is 7.53. The van der Waals surface area contributed by atoms with Crippen molar-refractivity contribution in [2.45, 2.75) is 25.3 Å². The van der Waals surface area contributed by atoms with E-state index in [4.69, 9.17) is 17.3 Å². The Morgan fingerprint density at radius 1 is 1.17 bits per heavy atom. The van der Waals surface area contributed by atoms with E-state index >= 15 is 0 Å². The summed E-state index contributed by atoms with van der Waals surface area (Å²) in [5.41, 5.74) is 8.64. The van der Waals surface area contributed by atoms with Gasteiger partial charge >= 0.3 is 5.97 Å². The number of aryl methyl sites for hydroxylation is 1. The Kier molecular flexibility index (Phi) is 5.37. The molecule has 3 aromatic rings. The number of halogens is 1. The van der Waals surface area contributed by atoms with Crippen molar-refractivity contribution < 1.29 is 14.7 Å². The van der Waals surface area contributed by atoms with Gasteiger partial charge < -0.3 is 16.2 Å². The van der Waals surface area contributed by atoms with E-state index < -0.39 is 11.9 Å². The van der Waals surface area contributed by atoms with Gasteiger partial charge in [0.2, 0.25) is 11.9 Å². The van der Waals surface area contributed by atoms with Crippen LogP contribution in [0.4, 0.5) is 5.95 Å². The summed E-state index contributed by atoms with van der Waals surface area (Å²) in [6.07, 6.45) is 3.59. The number of primary amides is 1. The van der Waals surface area contributed by atoms with Crippen molar-refractivity contribution in [2.24, 2.45) is 5.73 Å². The van der Waals surface area contributed by atoms with E-state index in [0.717, 1.165) is 17.5 Å². The number of amides is 1. The largest absolute Gasteiger partial charge is 0.478 e. The van der Waals surface area contributed by atoms with Gasteiger partial charge in [-0.1, -0.05) is 35.9 Å². The summed E-state index contributed by atoms with van der Waals surface area (Å²) in [7, 11) is 0. The van der Waals surface area contributed by atoms with Crippen LogP contribution in [0.5, 0.6) is 0 Å². The predicted octanol–water partition coefficient (Wildman–Crippen LogP) is 3.56. The first kappa shape index (κ1) is 19.8. The molecule has 0 saturated carbocycles. The fourth-order valence-electron chi connectivity index (χ4n) is 3.85. The van der Waals surface area contributed by atoms with Crippen LogP contribution >= 0.6 is 11.6 Å². The Morgan fingerprint density at radius 3 is 2.70 bits per heavy atom. The van der Waals surface area contributed by atoms with Gasteiger partial charge in [-0.15, -0.1) is 0 Å². The lowest BCUT2D eigenvalue weighted by Crippen LogP contribution is -2.31. The van der Waals surface area contributed by atoms with Crippen molar-refractivity contribution in [2.75, 3.05) is 5.32 Å². The molecule has 1 unspecified atom stereocenters. The fourth-order valence-corrected chi connectivity index (χ4v) is 4.08. The van der Waals surface area contributed by atoms with E-state index in [2.05, 4.69) is 15.3 Å². The van der Waals surface area contributed by atoms with Crippen LogP contribution in [-0.4, -0.2) is 33.0 Å². The van der Waals surface area contributed by atoms with Gasteiger partial charge in [0.1, 0.15) is 0 Å². The van der Waals surface area contributed by atoms with Gasteiger partial charge in [0, 0.05) is 22.8 Å². The Morgan fingerprint density at radius 2 is 1.97 bits per heavy atom. The Balaban J connectivity index is 1.61. The fraction of sp³-hybridized carbons (Fsp3) is 0.182. The van der Waals surface area contributed by atoms with E-state index in [9.17, 15) is 14.7 Å². The number of carbonyl (C=O) groups excluding carboxylic acids is 1. The number of hydrogen-bond donors (Lipinski definition) is 3. The molecule has 2 aromatic carbocycles. The highest BCUT2D eigenvalue weighted by atomic mass is 35.5. The second-order valence-electron chi connectivity index (χ2n) is 7.12. The molecular weight excluding hydrogens is 404 g/mol. The minimum absolute atomic E-state index is 0.0684. The molecule has 0 saturated heterocycles. The Bertz CT molecular complexity index is 1150. The van der Waals surface area contributed by atoms with Crippen molar-refractivity contribution in [1.82, 2.24) is 9.97 Å². The number of benzene rings is 2. The van der Waals surface area contributed by atoms with E-state index in [1.165, 1.54) is 6.07 Å². The van der Waals surface area contributed by atoms with Crippen LogP contribution in [0.2, 0.25) is 5.02 Å². The molecule has 1 aliphatic rings. The van der Waals surface area contributed by atoms with Gasteiger partial charge in [0.15, 0.2) is 0 Å². The van der Waals surface area contributed by atoms with Crippen LogP contribution in [0.15, 0.2) is 48.7 Å². The highest BCUT2D eigenvalue weighted by Gasteiger charge is 2.27. The average molecular weight is 423 g/mol. The summed E-state index contributed by atoms with van der Waals surface area (Å²) in [5.74, 6) is -1.46. The number of aromatic nitrogens is 2. The zero-order valence-electron chi connectivity index (χ0n) is 15.9. The molecule has 0 radical (unpaired) electrons. The molecule has 4 N–H and O–H groups in total. The van der Waals surface area contributed by atoms with Gasteiger partial charge in [-0.25, -0.2) is 14.8 Å². The monoisotopic (exact) mass is 422 g/mol. The molecule has 0 fully saturated rings. The van der Waals surface area contributed by atoms with Gasteiger partial charge in [-0.05, 0) is 48.6 Å². The van der Waals surface area contributed by atoms with Crippen molar-refractivity contribution in [1.29, 1.82) is 0 Å². The van der Waals surface area contributed by atoms with Crippen LogP contribution in [-0.2, 0) is 12.8 Å². The molecule has 1 aromatic heterocycles. The maximum Gasteiger partial charge on any atom is 0.336 e. The SMILES string of the molecule is NC(=O)c1c(C(=O)O)ccc2c1CC(Nc1nccc(-c3ccccc3Cl)n1)CC2. The summed E-state index contributed by atoms with van der Waals surface area (Å²) in [5, 5.41) is 13.3. The maximum atomic E-state index is 12.0. The third-order valence-corrected chi connectivity index (χ3v) is 5.57. The smallest absolute Gasteiger partial charge is 0.336 e. The molecule has 0 aliphatic heterocycles. The summed E-state index contributed by atoms with van der Waals surface area (Å²) in [4.78, 5) is 32.4. The first-order valence-corrected chi connectivity index (χ1v) is 9.84. The number of carboxylic acid groups (broad SMARTS) is 1. The normalized spacial score (nSPS) is 15.3. The lowest BCUT2D eigenvalue weighted by atomic mass is 9.83. The van der Waals surface area contributed by atoms with E-state index in [1.54, 1.807) is 24.4 Å². The first-order valence-electron chi connectivity index (χ1n) is 9.46. The summed E-state index contributed by atoms with van der Waals surface area (Å²) >= 11 is 6.27. The Labute approximate surface area is 177 Å². The van der Waals surface area contributed by atoms with Crippen LogP contribution in [0, 0.1) is 0 Å². The molecular formula is C22H19ClN4O3. The molecule has 1 aliphatic carbocycles. The minimum Gasteiger partial charge on any atom is -0.478 e. The molecule has 7 nitrogen and oxygen atoms in total. The lowest BCUT2D eigenvalue weighted by Gasteiger charge is -2.27. The third kappa shape index (κ3) is 3.84. The predicted molar refractivity (Wildman–Crippen MR) is 114 cm³/mol. The lowest BCUT2D eigenvalue weighted by molar-refractivity contribution is 0.0691. The van der Waals surface area contributed by atoms with Crippen molar-refractivity contribution in [3.63, 3.8) is 0 Å². The summed E-state index contributed by atoms with van der Waals surface area (Å²) < 4.78 is 0. The number of carboxylic acids is 1. The molecule has 0 spiro atoms. The number of hydrogen-bond acceptors (Lipinski definition) is 5. The summed E-state index contributed by atoms with van der Waals surface area (Å²) in [6.45, 7) is 0. The van der Waals surface area contributed by atoms with Gasteiger partial charge in [0.05, 0.1) is 16.8 Å². The number of aromatic carboxylic acids is 1. The van der Waals surface area contributed by atoms with Gasteiger partial charge in [-0.3, -0.25) is 4.79 Å². The van der Waals surface area contributed by atoms with Crippen LogP contribution in [0.1, 0.15) is 38.3 Å². The van der Waals surface area contributed by atoms with Crippen molar-refractivity contribution in [3.05, 3.63) is 75.9 Å². The maximum absolute atomic E-state index is 12.0. The third-order valence-electron chi connectivity index (χ3n) is 5.24.